The molecule has 116 valence electrons. The summed E-state index contributed by atoms with van der Waals surface area (Å²) in [6.45, 7) is 3.74. The fourth-order valence-electron chi connectivity index (χ4n) is 2.85. The third-order valence-electron chi connectivity index (χ3n) is 4.05. The van der Waals surface area contributed by atoms with Gasteiger partial charge in [-0.3, -0.25) is 9.59 Å². The SMILES string of the molecule is CCN(Cc1nc2ccccc2c(=O)[nH]1)C(=O)[C@@H]1CCCN1. The quantitative estimate of drug-likeness (QED) is 0.884. The van der Waals surface area contributed by atoms with Crippen LogP contribution in [-0.2, 0) is 11.3 Å². The molecule has 1 aliphatic rings. The normalized spacial score (nSPS) is 17.8. The zero-order chi connectivity index (χ0) is 15.5. The van der Waals surface area contributed by atoms with Crippen molar-refractivity contribution in [2.75, 3.05) is 13.1 Å². The second-order valence-electron chi connectivity index (χ2n) is 5.53. The number of para-hydroxylation sites is 1. The summed E-state index contributed by atoms with van der Waals surface area (Å²) in [7, 11) is 0. The smallest absolute Gasteiger partial charge is 0.258 e. The standard InChI is InChI=1S/C16H20N4O2/c1-2-20(16(22)13-8-5-9-17-13)10-14-18-12-7-4-3-6-11(12)15(21)19-14/h3-4,6-7,13,17H,2,5,8-10H2,1H3,(H,18,19,21)/t13-/m0/s1. The van der Waals surface area contributed by atoms with Crippen molar-refractivity contribution in [1.29, 1.82) is 0 Å². The third-order valence-corrected chi connectivity index (χ3v) is 4.05. The lowest BCUT2D eigenvalue weighted by atomic mass is 10.2. The highest BCUT2D eigenvalue weighted by molar-refractivity contribution is 5.82. The number of aromatic nitrogens is 2. The number of carbonyl (C=O) groups excluding carboxylic acids is 1. The van der Waals surface area contributed by atoms with E-state index in [4.69, 9.17) is 0 Å². The Labute approximate surface area is 128 Å². The molecule has 2 aromatic rings. The largest absolute Gasteiger partial charge is 0.334 e. The lowest BCUT2D eigenvalue weighted by Crippen LogP contribution is -2.43. The minimum atomic E-state index is -0.164. The monoisotopic (exact) mass is 300 g/mol. The van der Waals surface area contributed by atoms with Gasteiger partial charge in [0.15, 0.2) is 0 Å². The van der Waals surface area contributed by atoms with Crippen LogP contribution in [-0.4, -0.2) is 39.9 Å². The van der Waals surface area contributed by atoms with Crippen LogP contribution in [0.2, 0.25) is 0 Å². The minimum Gasteiger partial charge on any atom is -0.334 e. The molecule has 1 aromatic heterocycles. The summed E-state index contributed by atoms with van der Waals surface area (Å²) < 4.78 is 0. The van der Waals surface area contributed by atoms with Gasteiger partial charge in [-0.2, -0.15) is 0 Å². The first kappa shape index (κ1) is 14.7. The molecule has 6 nitrogen and oxygen atoms in total. The molecule has 0 spiro atoms. The Morgan fingerprint density at radius 2 is 2.23 bits per heavy atom. The molecule has 1 aliphatic heterocycles. The first-order valence-electron chi connectivity index (χ1n) is 7.69. The third kappa shape index (κ3) is 2.87. The van der Waals surface area contributed by atoms with E-state index < -0.39 is 0 Å². The van der Waals surface area contributed by atoms with E-state index in [0.29, 0.717) is 29.8 Å². The van der Waals surface area contributed by atoms with Crippen LogP contribution in [0.3, 0.4) is 0 Å². The lowest BCUT2D eigenvalue weighted by molar-refractivity contribution is -0.133. The fraction of sp³-hybridized carbons (Fsp3) is 0.438. The van der Waals surface area contributed by atoms with E-state index in [1.165, 1.54) is 0 Å². The predicted molar refractivity (Wildman–Crippen MR) is 84.5 cm³/mol. The molecular weight excluding hydrogens is 280 g/mol. The Hall–Kier alpha value is -2.21. The molecule has 2 heterocycles. The zero-order valence-electron chi connectivity index (χ0n) is 12.6. The van der Waals surface area contributed by atoms with E-state index in [1.807, 2.05) is 25.1 Å². The summed E-state index contributed by atoms with van der Waals surface area (Å²) in [6.07, 6.45) is 1.90. The summed E-state index contributed by atoms with van der Waals surface area (Å²) >= 11 is 0. The molecule has 2 N–H and O–H groups in total. The van der Waals surface area contributed by atoms with Gasteiger partial charge in [0, 0.05) is 6.54 Å². The highest BCUT2D eigenvalue weighted by Crippen LogP contribution is 2.11. The van der Waals surface area contributed by atoms with Crippen molar-refractivity contribution in [1.82, 2.24) is 20.2 Å². The van der Waals surface area contributed by atoms with Gasteiger partial charge in [-0.1, -0.05) is 12.1 Å². The molecular formula is C16H20N4O2. The van der Waals surface area contributed by atoms with E-state index in [0.717, 1.165) is 19.4 Å². The van der Waals surface area contributed by atoms with Gasteiger partial charge in [0.1, 0.15) is 5.82 Å². The molecule has 1 aromatic carbocycles. The van der Waals surface area contributed by atoms with Crippen LogP contribution < -0.4 is 10.9 Å². The van der Waals surface area contributed by atoms with Gasteiger partial charge in [0.2, 0.25) is 5.91 Å². The van der Waals surface area contributed by atoms with Crippen molar-refractivity contribution in [3.8, 4) is 0 Å². The average Bonchev–Trinajstić information content (AvgIpc) is 3.06. The van der Waals surface area contributed by atoms with Crippen molar-refractivity contribution in [2.45, 2.75) is 32.4 Å². The molecule has 1 amide bonds. The molecule has 0 radical (unpaired) electrons. The first-order valence-corrected chi connectivity index (χ1v) is 7.69. The summed E-state index contributed by atoms with van der Waals surface area (Å²) in [5.41, 5.74) is 0.492. The van der Waals surface area contributed by atoms with Gasteiger partial charge in [0.25, 0.3) is 5.56 Å². The number of hydrogen-bond donors (Lipinski definition) is 2. The molecule has 0 saturated carbocycles. The highest BCUT2D eigenvalue weighted by Gasteiger charge is 2.26. The number of amides is 1. The Morgan fingerprint density at radius 1 is 1.41 bits per heavy atom. The van der Waals surface area contributed by atoms with Crippen LogP contribution in [0.4, 0.5) is 0 Å². The topological polar surface area (TPSA) is 78.1 Å². The maximum Gasteiger partial charge on any atom is 0.258 e. The molecule has 22 heavy (non-hydrogen) atoms. The second-order valence-corrected chi connectivity index (χ2v) is 5.53. The van der Waals surface area contributed by atoms with Gasteiger partial charge in [-0.25, -0.2) is 4.98 Å². The highest BCUT2D eigenvalue weighted by atomic mass is 16.2. The lowest BCUT2D eigenvalue weighted by Gasteiger charge is -2.23. The second kappa shape index (κ2) is 6.27. The molecule has 0 aliphatic carbocycles. The molecule has 1 atom stereocenters. The Kier molecular flexibility index (Phi) is 4.20. The number of nitrogens with one attached hydrogen (secondary N) is 2. The summed E-state index contributed by atoms with van der Waals surface area (Å²) in [4.78, 5) is 33.5. The number of nitrogens with zero attached hydrogens (tertiary/aromatic N) is 2. The Morgan fingerprint density at radius 3 is 2.95 bits per heavy atom. The molecule has 6 heteroatoms. The van der Waals surface area contributed by atoms with E-state index >= 15 is 0 Å². The Bertz CT molecular complexity index is 734. The van der Waals surface area contributed by atoms with Crippen LogP contribution in [0, 0.1) is 0 Å². The summed E-state index contributed by atoms with van der Waals surface area (Å²) in [6, 6.07) is 7.11. The number of aromatic amines is 1. The minimum absolute atomic E-state index is 0.0795. The van der Waals surface area contributed by atoms with Crippen LogP contribution in [0.5, 0.6) is 0 Å². The predicted octanol–water partition coefficient (Wildman–Crippen LogP) is 1.02. The van der Waals surface area contributed by atoms with E-state index in [1.54, 1.807) is 11.0 Å². The number of H-pyrrole nitrogens is 1. The van der Waals surface area contributed by atoms with Crippen molar-refractivity contribution in [2.24, 2.45) is 0 Å². The number of carbonyl (C=O) groups is 1. The first-order chi connectivity index (χ1) is 10.7. The van der Waals surface area contributed by atoms with Crippen LogP contribution in [0.1, 0.15) is 25.6 Å². The average molecular weight is 300 g/mol. The Balaban J connectivity index is 1.84. The maximum absolute atomic E-state index is 12.5. The van der Waals surface area contributed by atoms with Gasteiger partial charge in [0.05, 0.1) is 23.5 Å². The van der Waals surface area contributed by atoms with Gasteiger partial charge in [-0.05, 0) is 38.4 Å². The summed E-state index contributed by atoms with van der Waals surface area (Å²) in [5.74, 6) is 0.604. The van der Waals surface area contributed by atoms with Crippen LogP contribution in [0.15, 0.2) is 29.1 Å². The summed E-state index contributed by atoms with van der Waals surface area (Å²) in [5, 5.41) is 3.78. The molecule has 3 rings (SSSR count). The van der Waals surface area contributed by atoms with Crippen LogP contribution in [0.25, 0.3) is 10.9 Å². The van der Waals surface area contributed by atoms with Crippen molar-refractivity contribution in [3.63, 3.8) is 0 Å². The zero-order valence-corrected chi connectivity index (χ0v) is 12.6. The van der Waals surface area contributed by atoms with Crippen molar-refractivity contribution < 1.29 is 4.79 Å². The van der Waals surface area contributed by atoms with Gasteiger partial charge in [-0.15, -0.1) is 0 Å². The molecule has 1 fully saturated rings. The molecule has 0 unspecified atom stereocenters. The van der Waals surface area contributed by atoms with E-state index in [-0.39, 0.29) is 17.5 Å². The molecule has 1 saturated heterocycles. The van der Waals surface area contributed by atoms with E-state index in [9.17, 15) is 9.59 Å². The fourth-order valence-corrected chi connectivity index (χ4v) is 2.85. The maximum atomic E-state index is 12.5. The van der Waals surface area contributed by atoms with Crippen molar-refractivity contribution in [3.05, 3.63) is 40.4 Å². The number of likely N-dealkylation sites (N-methyl/N-ethyl adjacent to an activating group) is 1. The number of hydrogen-bond acceptors (Lipinski definition) is 4. The molecule has 0 bridgehead atoms. The number of fused-ring (bicyclic) bond motifs is 1. The number of benzene rings is 1. The van der Waals surface area contributed by atoms with E-state index in [2.05, 4.69) is 15.3 Å². The van der Waals surface area contributed by atoms with Gasteiger partial charge < -0.3 is 15.2 Å². The van der Waals surface area contributed by atoms with Crippen molar-refractivity contribution >= 4 is 16.8 Å². The number of rotatable bonds is 4. The van der Waals surface area contributed by atoms with Crippen LogP contribution >= 0.6 is 0 Å². The van der Waals surface area contributed by atoms with Gasteiger partial charge >= 0.3 is 0 Å².